The first-order valence-electron chi connectivity index (χ1n) is 7.66. The molecule has 3 nitrogen and oxygen atoms in total. The molecule has 0 bridgehead atoms. The van der Waals surface area contributed by atoms with Crippen LogP contribution < -0.4 is 9.47 Å². The molecule has 20 heavy (non-hydrogen) atoms. The van der Waals surface area contributed by atoms with E-state index in [9.17, 15) is 0 Å². The topological polar surface area (TPSA) is 21.7 Å². The van der Waals surface area contributed by atoms with Gasteiger partial charge in [0.25, 0.3) is 0 Å². The van der Waals surface area contributed by atoms with E-state index in [1.54, 1.807) is 0 Å². The molecule has 1 aliphatic carbocycles. The van der Waals surface area contributed by atoms with Gasteiger partial charge in [-0.25, -0.2) is 0 Å². The predicted molar refractivity (Wildman–Crippen MR) is 79.6 cm³/mol. The molecule has 1 aromatic carbocycles. The van der Waals surface area contributed by atoms with Gasteiger partial charge in [-0.15, -0.1) is 0 Å². The van der Waals surface area contributed by atoms with Gasteiger partial charge in [0.1, 0.15) is 0 Å². The highest BCUT2D eigenvalue weighted by Gasteiger charge is 2.56. The van der Waals surface area contributed by atoms with Crippen LogP contribution in [-0.4, -0.2) is 29.7 Å². The maximum atomic E-state index is 5.60. The first-order valence-corrected chi connectivity index (χ1v) is 8.11. The van der Waals surface area contributed by atoms with Crippen molar-refractivity contribution in [2.75, 3.05) is 19.9 Å². The van der Waals surface area contributed by atoms with E-state index in [1.807, 2.05) is 0 Å². The summed E-state index contributed by atoms with van der Waals surface area (Å²) in [7, 11) is 0. The molecule has 1 saturated heterocycles. The lowest BCUT2D eigenvalue weighted by Gasteiger charge is -2.38. The van der Waals surface area contributed by atoms with Crippen molar-refractivity contribution in [3.63, 3.8) is 0 Å². The zero-order valence-corrected chi connectivity index (χ0v) is 12.4. The van der Waals surface area contributed by atoms with E-state index in [4.69, 9.17) is 22.1 Å². The number of hydrogen-bond acceptors (Lipinski definition) is 4. The van der Waals surface area contributed by atoms with Gasteiger partial charge in [-0.1, -0.05) is 0 Å². The summed E-state index contributed by atoms with van der Waals surface area (Å²) < 4.78 is 11.1. The third-order valence-corrected chi connectivity index (χ3v) is 6.79. The lowest BCUT2D eigenvalue weighted by molar-refractivity contribution is 0.173. The van der Waals surface area contributed by atoms with Crippen LogP contribution in [0, 0.1) is 5.92 Å². The molecule has 4 aliphatic rings. The number of nitrogens with zero attached hydrogens (tertiary/aromatic N) is 1. The van der Waals surface area contributed by atoms with Crippen molar-refractivity contribution < 1.29 is 9.47 Å². The van der Waals surface area contributed by atoms with E-state index < -0.39 is 0 Å². The third kappa shape index (κ3) is 1.32. The lowest BCUT2D eigenvalue weighted by Crippen LogP contribution is -2.43. The summed E-state index contributed by atoms with van der Waals surface area (Å²) in [5.41, 5.74) is 2.92. The summed E-state index contributed by atoms with van der Waals surface area (Å²) in [5, 5.41) is 0. The minimum absolute atomic E-state index is 0.0823. The Hall–Kier alpha value is -0.870. The summed E-state index contributed by atoms with van der Waals surface area (Å²) in [6, 6.07) is 4.45. The van der Waals surface area contributed by atoms with Gasteiger partial charge in [-0.2, -0.15) is 12.6 Å². The molecule has 0 spiro atoms. The van der Waals surface area contributed by atoms with Crippen molar-refractivity contribution in [1.29, 1.82) is 0 Å². The summed E-state index contributed by atoms with van der Waals surface area (Å²) in [6.45, 7) is 2.71. The second kappa shape index (κ2) is 3.86. The van der Waals surface area contributed by atoms with Crippen LogP contribution in [0.25, 0.3) is 0 Å². The molecule has 0 radical (unpaired) electrons. The number of thiol groups is 1. The van der Waals surface area contributed by atoms with E-state index in [-0.39, 0.29) is 4.87 Å². The summed E-state index contributed by atoms with van der Waals surface area (Å²) in [5.74, 6) is 3.15. The van der Waals surface area contributed by atoms with Crippen LogP contribution in [0.15, 0.2) is 12.1 Å². The Labute approximate surface area is 124 Å². The maximum Gasteiger partial charge on any atom is 0.231 e. The SMILES string of the molecule is S[C@]12C3CCC1c1cc4c(cc1CCN2CC3)OCO4. The number of rotatable bonds is 0. The van der Waals surface area contributed by atoms with Crippen molar-refractivity contribution in [3.05, 3.63) is 23.3 Å². The highest BCUT2D eigenvalue weighted by atomic mass is 32.1. The smallest absolute Gasteiger partial charge is 0.231 e. The van der Waals surface area contributed by atoms with Gasteiger partial charge in [0.2, 0.25) is 6.79 Å². The fourth-order valence-electron chi connectivity index (χ4n) is 4.87. The molecule has 4 heteroatoms. The first-order chi connectivity index (χ1) is 9.77. The molecule has 2 fully saturated rings. The molecule has 1 aromatic rings. The van der Waals surface area contributed by atoms with Gasteiger partial charge in [0, 0.05) is 12.5 Å². The highest BCUT2D eigenvalue weighted by molar-refractivity contribution is 7.81. The van der Waals surface area contributed by atoms with Crippen molar-refractivity contribution in [1.82, 2.24) is 4.90 Å². The quantitative estimate of drug-likeness (QED) is 0.742. The molecule has 5 rings (SSSR count). The van der Waals surface area contributed by atoms with Gasteiger partial charge in [0.05, 0.1) is 4.87 Å². The number of benzene rings is 1. The Bertz CT molecular complexity index is 590. The van der Waals surface area contributed by atoms with Crippen molar-refractivity contribution in [3.8, 4) is 11.5 Å². The van der Waals surface area contributed by atoms with Crippen LogP contribution in [0.4, 0.5) is 0 Å². The zero-order valence-electron chi connectivity index (χ0n) is 11.5. The molecule has 0 N–H and O–H groups in total. The number of ether oxygens (including phenoxy) is 2. The molecule has 2 unspecified atom stereocenters. The van der Waals surface area contributed by atoms with E-state index in [1.165, 1.54) is 36.9 Å². The minimum Gasteiger partial charge on any atom is -0.454 e. The van der Waals surface area contributed by atoms with E-state index >= 15 is 0 Å². The lowest BCUT2D eigenvalue weighted by atomic mass is 9.88. The standard InChI is InChI=1S/C16H19NO2S/c20-16-11-1-2-13(16)12-8-15-14(18-9-19-15)7-10(12)3-5-17(16)6-4-11/h7-8,11,13,20H,1-6,9H2/t11?,13?,16-/m1/s1. The molecule has 3 atom stereocenters. The van der Waals surface area contributed by atoms with Crippen LogP contribution in [0.2, 0.25) is 0 Å². The van der Waals surface area contributed by atoms with Crippen LogP contribution >= 0.6 is 12.6 Å². The molecule has 0 aromatic heterocycles. The monoisotopic (exact) mass is 289 g/mol. The van der Waals surface area contributed by atoms with Crippen LogP contribution in [0.5, 0.6) is 11.5 Å². The molecule has 3 aliphatic heterocycles. The van der Waals surface area contributed by atoms with Crippen LogP contribution in [0.3, 0.4) is 0 Å². The van der Waals surface area contributed by atoms with Crippen molar-refractivity contribution >= 4 is 12.6 Å². The van der Waals surface area contributed by atoms with Gasteiger partial charge < -0.3 is 9.47 Å². The van der Waals surface area contributed by atoms with E-state index in [2.05, 4.69) is 17.0 Å². The normalized spacial score (nSPS) is 37.6. The summed E-state index contributed by atoms with van der Waals surface area (Å²) in [4.78, 5) is 2.71. The van der Waals surface area contributed by atoms with Crippen LogP contribution in [-0.2, 0) is 6.42 Å². The van der Waals surface area contributed by atoms with Crippen molar-refractivity contribution in [2.45, 2.75) is 36.5 Å². The predicted octanol–water partition coefficient (Wildman–Crippen LogP) is 2.80. The minimum atomic E-state index is 0.0823. The Kier molecular flexibility index (Phi) is 2.27. The molecule has 1 saturated carbocycles. The molecule has 106 valence electrons. The Balaban J connectivity index is 1.69. The van der Waals surface area contributed by atoms with E-state index in [0.717, 1.165) is 30.4 Å². The molecule has 3 heterocycles. The van der Waals surface area contributed by atoms with E-state index in [0.29, 0.717) is 12.7 Å². The first kappa shape index (κ1) is 11.8. The van der Waals surface area contributed by atoms with Gasteiger partial charge in [0.15, 0.2) is 11.5 Å². The number of fused-ring (bicyclic) bond motifs is 3. The second-order valence-corrected chi connectivity index (χ2v) is 7.26. The Morgan fingerprint density at radius 3 is 2.85 bits per heavy atom. The highest BCUT2D eigenvalue weighted by Crippen LogP contribution is 2.59. The zero-order chi connectivity index (χ0) is 13.3. The average Bonchev–Trinajstić information content (AvgIpc) is 3.06. The average molecular weight is 289 g/mol. The maximum absolute atomic E-state index is 5.60. The number of hydrogen-bond donors (Lipinski definition) is 1. The molecular weight excluding hydrogens is 270 g/mol. The largest absolute Gasteiger partial charge is 0.454 e. The van der Waals surface area contributed by atoms with Gasteiger partial charge in [-0.3, -0.25) is 4.90 Å². The van der Waals surface area contributed by atoms with Gasteiger partial charge >= 0.3 is 0 Å². The fraction of sp³-hybridized carbons (Fsp3) is 0.625. The Morgan fingerprint density at radius 2 is 1.95 bits per heavy atom. The second-order valence-electron chi connectivity index (χ2n) is 6.54. The summed E-state index contributed by atoms with van der Waals surface area (Å²) in [6.07, 6.45) is 5.01. The Morgan fingerprint density at radius 1 is 1.10 bits per heavy atom. The third-order valence-electron chi connectivity index (χ3n) is 5.83. The summed E-state index contributed by atoms with van der Waals surface area (Å²) >= 11 is 5.21. The van der Waals surface area contributed by atoms with Crippen molar-refractivity contribution in [2.24, 2.45) is 5.92 Å². The fourth-order valence-corrected chi connectivity index (χ4v) is 5.60. The molecular formula is C16H19NO2S. The van der Waals surface area contributed by atoms with Gasteiger partial charge in [-0.05, 0) is 61.4 Å². The van der Waals surface area contributed by atoms with Crippen LogP contribution in [0.1, 0.15) is 36.3 Å². The molecule has 0 amide bonds.